The first-order valence-corrected chi connectivity index (χ1v) is 11.8. The van der Waals surface area contributed by atoms with E-state index in [9.17, 15) is 9.90 Å². The van der Waals surface area contributed by atoms with Gasteiger partial charge >= 0.3 is 0 Å². The molecule has 2 fully saturated rings. The molecule has 1 amide bonds. The topological polar surface area (TPSA) is 98.3 Å². The van der Waals surface area contributed by atoms with E-state index in [1.165, 1.54) is 17.5 Å². The Labute approximate surface area is 199 Å². The van der Waals surface area contributed by atoms with Gasteiger partial charge in [-0.2, -0.15) is 15.0 Å². The number of amides is 1. The van der Waals surface area contributed by atoms with Crippen LogP contribution in [0.2, 0.25) is 0 Å². The number of hydrogen-bond acceptors (Lipinski definition) is 6. The number of nitrogens with zero attached hydrogens (tertiary/aromatic N) is 6. The van der Waals surface area contributed by atoms with Crippen molar-refractivity contribution in [2.24, 2.45) is 0 Å². The summed E-state index contributed by atoms with van der Waals surface area (Å²) in [7, 11) is 0. The lowest BCUT2D eigenvalue weighted by molar-refractivity contribution is 0.0607. The molecular weight excluding hydrogens is 428 g/mol. The Balaban J connectivity index is 1.33. The smallest absolute Gasteiger partial charge is 0.255 e. The molecule has 0 bridgehead atoms. The highest BCUT2D eigenvalue weighted by Gasteiger charge is 2.29. The highest BCUT2D eigenvalue weighted by atomic mass is 16.3. The van der Waals surface area contributed by atoms with Gasteiger partial charge in [-0.05, 0) is 81.1 Å². The largest absolute Gasteiger partial charge is 0.493 e. The second kappa shape index (κ2) is 9.27. The Morgan fingerprint density at radius 1 is 1.09 bits per heavy atom. The lowest BCUT2D eigenvalue weighted by Gasteiger charge is -2.37. The normalized spacial score (nSPS) is 18.7. The van der Waals surface area contributed by atoms with E-state index in [-0.39, 0.29) is 11.8 Å². The molecule has 1 aromatic carbocycles. The minimum atomic E-state index is -0.0381. The maximum absolute atomic E-state index is 13.1. The summed E-state index contributed by atoms with van der Waals surface area (Å²) in [5.74, 6) is 0.394. The summed E-state index contributed by atoms with van der Waals surface area (Å²) in [4.78, 5) is 22.0. The van der Waals surface area contributed by atoms with Crippen molar-refractivity contribution in [3.05, 3.63) is 59.4 Å². The SMILES string of the molecule is Cc1cc(C#N)ccc1-c1cnn(-c2ccc(C(=O)N3CCCC(N4CCCC4)C3)cn2)c1O. The van der Waals surface area contributed by atoms with Crippen LogP contribution in [0.3, 0.4) is 0 Å². The molecular formula is C26H28N6O2. The van der Waals surface area contributed by atoms with Crippen molar-refractivity contribution in [2.75, 3.05) is 26.2 Å². The van der Waals surface area contributed by atoms with Gasteiger partial charge < -0.3 is 10.0 Å². The molecule has 5 rings (SSSR count). The maximum atomic E-state index is 13.1. The van der Waals surface area contributed by atoms with Crippen molar-refractivity contribution in [1.82, 2.24) is 24.6 Å². The van der Waals surface area contributed by atoms with E-state index in [0.29, 0.717) is 28.6 Å². The molecule has 0 saturated carbocycles. The number of pyridine rings is 1. The minimum absolute atomic E-state index is 0.00142. The van der Waals surface area contributed by atoms with E-state index in [4.69, 9.17) is 5.26 Å². The number of carbonyl (C=O) groups is 1. The molecule has 8 heteroatoms. The van der Waals surface area contributed by atoms with Crippen LogP contribution in [0.1, 0.15) is 47.2 Å². The Kier molecular flexibility index (Phi) is 6.03. The quantitative estimate of drug-likeness (QED) is 0.645. The summed E-state index contributed by atoms with van der Waals surface area (Å²) in [5, 5.41) is 24.2. The number of nitriles is 1. The van der Waals surface area contributed by atoms with Crippen LogP contribution in [0.4, 0.5) is 0 Å². The van der Waals surface area contributed by atoms with Gasteiger partial charge in [-0.3, -0.25) is 9.69 Å². The zero-order valence-corrected chi connectivity index (χ0v) is 19.3. The summed E-state index contributed by atoms with van der Waals surface area (Å²) in [6.45, 7) is 5.72. The Hall–Kier alpha value is -3.70. The molecule has 8 nitrogen and oxygen atoms in total. The first-order chi connectivity index (χ1) is 16.5. The molecule has 0 radical (unpaired) electrons. The van der Waals surface area contributed by atoms with Gasteiger partial charge in [0.2, 0.25) is 5.88 Å². The number of rotatable bonds is 4. The summed E-state index contributed by atoms with van der Waals surface area (Å²) in [6, 6.07) is 11.3. The van der Waals surface area contributed by atoms with Crippen LogP contribution in [0.25, 0.3) is 16.9 Å². The summed E-state index contributed by atoms with van der Waals surface area (Å²) in [6.07, 6.45) is 7.82. The summed E-state index contributed by atoms with van der Waals surface area (Å²) < 4.78 is 1.35. The third-order valence-corrected chi connectivity index (χ3v) is 6.94. The van der Waals surface area contributed by atoms with Crippen LogP contribution in [0.5, 0.6) is 5.88 Å². The Bertz CT molecular complexity index is 1240. The van der Waals surface area contributed by atoms with E-state index in [2.05, 4.69) is 21.1 Å². The number of aryl methyl sites for hydroxylation is 1. The summed E-state index contributed by atoms with van der Waals surface area (Å²) in [5.41, 5.74) is 3.34. The number of likely N-dealkylation sites (tertiary alicyclic amines) is 2. The first-order valence-electron chi connectivity index (χ1n) is 11.8. The van der Waals surface area contributed by atoms with Gasteiger partial charge in [0.1, 0.15) is 0 Å². The van der Waals surface area contributed by atoms with Crippen molar-refractivity contribution >= 4 is 5.91 Å². The first kappa shape index (κ1) is 22.1. The Morgan fingerprint density at radius 2 is 1.91 bits per heavy atom. The standard InChI is InChI=1S/C26H28N6O2/c1-18-13-19(14-27)6-8-22(18)23-16-29-32(26(23)34)24-9-7-20(15-28-24)25(33)31-12-4-5-21(17-31)30-10-2-3-11-30/h6-9,13,15-16,21,34H,2-5,10-12,17H2,1H3. The number of carbonyl (C=O) groups excluding carboxylic acids is 1. The van der Waals surface area contributed by atoms with Crippen molar-refractivity contribution < 1.29 is 9.90 Å². The molecule has 1 N–H and O–H groups in total. The fourth-order valence-electron chi connectivity index (χ4n) is 5.10. The lowest BCUT2D eigenvalue weighted by atomic mass is 10.0. The second-order valence-electron chi connectivity index (χ2n) is 9.13. The number of hydrogen-bond donors (Lipinski definition) is 1. The molecule has 4 heterocycles. The molecule has 1 atom stereocenters. The minimum Gasteiger partial charge on any atom is -0.493 e. The maximum Gasteiger partial charge on any atom is 0.255 e. The van der Waals surface area contributed by atoms with Gasteiger partial charge in [0.05, 0.1) is 29.0 Å². The molecule has 34 heavy (non-hydrogen) atoms. The van der Waals surface area contributed by atoms with Gasteiger partial charge in [0, 0.05) is 25.3 Å². The van der Waals surface area contributed by atoms with Crippen LogP contribution in [0, 0.1) is 18.3 Å². The van der Waals surface area contributed by atoms with Crippen molar-refractivity contribution in [3.8, 4) is 28.9 Å². The van der Waals surface area contributed by atoms with Crippen molar-refractivity contribution in [2.45, 2.75) is 38.6 Å². The molecule has 174 valence electrons. The molecule has 1 unspecified atom stereocenters. The zero-order chi connectivity index (χ0) is 23.7. The molecule has 2 aromatic heterocycles. The lowest BCUT2D eigenvalue weighted by Crippen LogP contribution is -2.49. The fourth-order valence-corrected chi connectivity index (χ4v) is 5.10. The molecule has 0 spiro atoms. The van der Waals surface area contributed by atoms with Gasteiger partial charge in [-0.1, -0.05) is 6.07 Å². The average Bonchev–Trinajstić information content (AvgIpc) is 3.54. The van der Waals surface area contributed by atoms with E-state index >= 15 is 0 Å². The van der Waals surface area contributed by atoms with E-state index in [1.54, 1.807) is 42.7 Å². The van der Waals surface area contributed by atoms with Crippen LogP contribution in [-0.4, -0.2) is 67.8 Å². The van der Waals surface area contributed by atoms with E-state index in [1.807, 2.05) is 11.8 Å². The average molecular weight is 457 g/mol. The number of aromatic nitrogens is 3. The third-order valence-electron chi connectivity index (χ3n) is 6.94. The monoisotopic (exact) mass is 456 g/mol. The highest BCUT2D eigenvalue weighted by molar-refractivity contribution is 5.94. The zero-order valence-electron chi connectivity index (χ0n) is 19.3. The van der Waals surface area contributed by atoms with Gasteiger partial charge in [-0.15, -0.1) is 0 Å². The number of benzene rings is 1. The van der Waals surface area contributed by atoms with Gasteiger partial charge in [0.15, 0.2) is 5.82 Å². The Morgan fingerprint density at radius 3 is 2.62 bits per heavy atom. The van der Waals surface area contributed by atoms with Crippen LogP contribution in [-0.2, 0) is 0 Å². The molecule has 2 saturated heterocycles. The number of aromatic hydroxyl groups is 1. The van der Waals surface area contributed by atoms with Gasteiger partial charge in [-0.25, -0.2) is 4.98 Å². The van der Waals surface area contributed by atoms with Crippen LogP contribution in [0.15, 0.2) is 42.7 Å². The predicted octanol–water partition coefficient (Wildman–Crippen LogP) is 3.52. The van der Waals surface area contributed by atoms with Crippen molar-refractivity contribution in [1.29, 1.82) is 5.26 Å². The second-order valence-corrected chi connectivity index (χ2v) is 9.13. The molecule has 2 aliphatic rings. The molecule has 3 aromatic rings. The number of piperidine rings is 1. The summed E-state index contributed by atoms with van der Waals surface area (Å²) >= 11 is 0. The van der Waals surface area contributed by atoms with Gasteiger partial charge in [0.25, 0.3) is 5.91 Å². The molecule has 2 aliphatic heterocycles. The van der Waals surface area contributed by atoms with Crippen LogP contribution < -0.4 is 0 Å². The highest BCUT2D eigenvalue weighted by Crippen LogP contribution is 2.33. The van der Waals surface area contributed by atoms with E-state index in [0.717, 1.165) is 50.1 Å². The van der Waals surface area contributed by atoms with Crippen molar-refractivity contribution in [3.63, 3.8) is 0 Å². The van der Waals surface area contributed by atoms with E-state index < -0.39 is 0 Å². The van der Waals surface area contributed by atoms with Crippen LogP contribution >= 0.6 is 0 Å². The third kappa shape index (κ3) is 4.15. The fraction of sp³-hybridized carbons (Fsp3) is 0.385. The predicted molar refractivity (Wildman–Crippen MR) is 128 cm³/mol. The molecule has 0 aliphatic carbocycles.